The van der Waals surface area contributed by atoms with Crippen LogP contribution in [0, 0.1) is 0 Å². The summed E-state index contributed by atoms with van der Waals surface area (Å²) in [4.78, 5) is 24.5. The smallest absolute Gasteiger partial charge is 0.223 e. The van der Waals surface area contributed by atoms with Gasteiger partial charge in [-0.05, 0) is 13.3 Å². The quantitative estimate of drug-likeness (QED) is 0.705. The third-order valence-corrected chi connectivity index (χ3v) is 2.53. The van der Waals surface area contributed by atoms with Gasteiger partial charge in [0, 0.05) is 39.0 Å². The van der Waals surface area contributed by atoms with Crippen LogP contribution in [0.15, 0.2) is 0 Å². The Kier molecular flexibility index (Phi) is 11.3. The summed E-state index contributed by atoms with van der Waals surface area (Å²) in [5.41, 5.74) is 5.46. The summed E-state index contributed by atoms with van der Waals surface area (Å²) < 4.78 is 0. The first-order chi connectivity index (χ1) is 7.52. The minimum atomic E-state index is -0.0657. The molecule has 0 spiro atoms. The van der Waals surface area contributed by atoms with Gasteiger partial charge in [0.2, 0.25) is 11.8 Å². The molecule has 17 heavy (non-hydrogen) atoms. The zero-order chi connectivity index (χ0) is 12.6. The van der Waals surface area contributed by atoms with E-state index in [-0.39, 0.29) is 43.1 Å². The van der Waals surface area contributed by atoms with Crippen molar-refractivity contribution in [2.45, 2.75) is 39.2 Å². The Morgan fingerprint density at radius 2 is 1.94 bits per heavy atom. The Morgan fingerprint density at radius 3 is 2.41 bits per heavy atom. The molecule has 6 heteroatoms. The molecule has 2 amide bonds. The summed E-state index contributed by atoms with van der Waals surface area (Å²) in [5.74, 6) is -0.103. The maximum absolute atomic E-state index is 11.6. The number of hydrogen-bond acceptors (Lipinski definition) is 3. The lowest BCUT2D eigenvalue weighted by Crippen LogP contribution is -2.40. The van der Waals surface area contributed by atoms with E-state index >= 15 is 0 Å². The SMILES string of the molecule is CCCNC(=O)CCC(=O)N(C)C(C)CN.Cl. The van der Waals surface area contributed by atoms with E-state index in [0.29, 0.717) is 13.1 Å². The number of nitrogens with zero attached hydrogens (tertiary/aromatic N) is 1. The van der Waals surface area contributed by atoms with Crippen molar-refractivity contribution in [1.29, 1.82) is 0 Å². The molecule has 5 nitrogen and oxygen atoms in total. The highest BCUT2D eigenvalue weighted by atomic mass is 35.5. The average molecular weight is 266 g/mol. The Bertz CT molecular complexity index is 237. The van der Waals surface area contributed by atoms with Crippen molar-refractivity contribution in [2.24, 2.45) is 5.73 Å². The van der Waals surface area contributed by atoms with Gasteiger partial charge < -0.3 is 16.0 Å². The van der Waals surface area contributed by atoms with Gasteiger partial charge >= 0.3 is 0 Å². The van der Waals surface area contributed by atoms with Gasteiger partial charge in [-0.1, -0.05) is 6.92 Å². The van der Waals surface area contributed by atoms with E-state index < -0.39 is 0 Å². The number of carbonyl (C=O) groups is 2. The summed E-state index contributed by atoms with van der Waals surface area (Å²) in [5, 5.41) is 2.74. The number of carbonyl (C=O) groups excluding carboxylic acids is 2. The molecule has 0 heterocycles. The van der Waals surface area contributed by atoms with Gasteiger partial charge in [0.1, 0.15) is 0 Å². The van der Waals surface area contributed by atoms with Crippen LogP contribution >= 0.6 is 12.4 Å². The number of nitrogens with one attached hydrogen (secondary N) is 1. The van der Waals surface area contributed by atoms with E-state index in [2.05, 4.69) is 5.32 Å². The van der Waals surface area contributed by atoms with Crippen molar-refractivity contribution >= 4 is 24.2 Å². The molecule has 0 fully saturated rings. The molecule has 0 aliphatic rings. The summed E-state index contributed by atoms with van der Waals surface area (Å²) in [7, 11) is 1.71. The maximum atomic E-state index is 11.6. The molecule has 0 saturated heterocycles. The van der Waals surface area contributed by atoms with E-state index in [0.717, 1.165) is 6.42 Å². The Labute approximate surface area is 110 Å². The predicted molar refractivity (Wildman–Crippen MR) is 71.1 cm³/mol. The molecule has 0 rings (SSSR count). The van der Waals surface area contributed by atoms with Gasteiger partial charge in [0.05, 0.1) is 0 Å². The van der Waals surface area contributed by atoms with Crippen LogP contribution in [0.1, 0.15) is 33.1 Å². The van der Waals surface area contributed by atoms with Gasteiger partial charge in [0.15, 0.2) is 0 Å². The van der Waals surface area contributed by atoms with Crippen LogP contribution in [0.4, 0.5) is 0 Å². The fourth-order valence-corrected chi connectivity index (χ4v) is 1.15. The van der Waals surface area contributed by atoms with Crippen molar-refractivity contribution < 1.29 is 9.59 Å². The topological polar surface area (TPSA) is 75.4 Å². The zero-order valence-corrected chi connectivity index (χ0v) is 11.7. The highest BCUT2D eigenvalue weighted by molar-refractivity contribution is 5.85. The lowest BCUT2D eigenvalue weighted by atomic mass is 10.2. The summed E-state index contributed by atoms with van der Waals surface area (Å²) >= 11 is 0. The third kappa shape index (κ3) is 7.99. The first kappa shape index (κ1) is 18.6. The van der Waals surface area contributed by atoms with E-state index in [9.17, 15) is 9.59 Å². The van der Waals surface area contributed by atoms with Crippen molar-refractivity contribution in [2.75, 3.05) is 20.1 Å². The van der Waals surface area contributed by atoms with E-state index in [1.165, 1.54) is 0 Å². The molecule has 0 aliphatic heterocycles. The molecular formula is C11H24ClN3O2. The average Bonchev–Trinajstić information content (AvgIpc) is 2.31. The van der Waals surface area contributed by atoms with Crippen molar-refractivity contribution in [1.82, 2.24) is 10.2 Å². The van der Waals surface area contributed by atoms with Crippen LogP contribution in [0.25, 0.3) is 0 Å². The largest absolute Gasteiger partial charge is 0.356 e. The van der Waals surface area contributed by atoms with Gasteiger partial charge in [-0.25, -0.2) is 0 Å². The third-order valence-electron chi connectivity index (χ3n) is 2.53. The molecular weight excluding hydrogens is 242 g/mol. The molecule has 0 radical (unpaired) electrons. The lowest BCUT2D eigenvalue weighted by Gasteiger charge is -2.23. The highest BCUT2D eigenvalue weighted by Gasteiger charge is 2.15. The summed E-state index contributed by atoms with van der Waals surface area (Å²) in [6.45, 7) is 4.98. The minimum absolute atomic E-state index is 0. The predicted octanol–water partition coefficient (Wildman–Crippen LogP) is 0.520. The number of halogens is 1. The van der Waals surface area contributed by atoms with Gasteiger partial charge in [-0.3, -0.25) is 9.59 Å². The Hall–Kier alpha value is -0.810. The zero-order valence-electron chi connectivity index (χ0n) is 10.9. The molecule has 0 bridgehead atoms. The van der Waals surface area contributed by atoms with Crippen LogP contribution in [-0.4, -0.2) is 42.9 Å². The highest BCUT2D eigenvalue weighted by Crippen LogP contribution is 2.00. The van der Waals surface area contributed by atoms with Crippen molar-refractivity contribution in [3.63, 3.8) is 0 Å². The lowest BCUT2D eigenvalue weighted by molar-refractivity contribution is -0.133. The standard InChI is InChI=1S/C11H23N3O2.ClH/c1-4-7-13-10(15)5-6-11(16)14(3)9(2)8-12;/h9H,4-8,12H2,1-3H3,(H,13,15);1H. The maximum Gasteiger partial charge on any atom is 0.223 e. The Morgan fingerprint density at radius 1 is 1.35 bits per heavy atom. The molecule has 1 atom stereocenters. The van der Waals surface area contributed by atoms with Crippen LogP contribution in [0.5, 0.6) is 0 Å². The summed E-state index contributed by atoms with van der Waals surface area (Å²) in [6.07, 6.45) is 1.40. The molecule has 102 valence electrons. The number of likely N-dealkylation sites (N-methyl/N-ethyl adjacent to an activating group) is 1. The number of hydrogen-bond donors (Lipinski definition) is 2. The minimum Gasteiger partial charge on any atom is -0.356 e. The summed E-state index contributed by atoms with van der Waals surface area (Å²) in [6, 6.07) is 0.0196. The van der Waals surface area contributed by atoms with Gasteiger partial charge in [-0.2, -0.15) is 0 Å². The second kappa shape index (κ2) is 10.4. The van der Waals surface area contributed by atoms with Crippen molar-refractivity contribution in [3.05, 3.63) is 0 Å². The second-order valence-corrected chi connectivity index (χ2v) is 3.94. The molecule has 1 unspecified atom stereocenters. The molecule has 0 aromatic rings. The number of nitrogens with two attached hydrogens (primary N) is 1. The van der Waals surface area contributed by atoms with Crippen LogP contribution in [0.3, 0.4) is 0 Å². The number of rotatable bonds is 7. The normalized spacial score (nSPS) is 11.3. The van der Waals surface area contributed by atoms with Crippen LogP contribution in [-0.2, 0) is 9.59 Å². The fourth-order valence-electron chi connectivity index (χ4n) is 1.15. The van der Waals surface area contributed by atoms with Gasteiger partial charge in [0.25, 0.3) is 0 Å². The number of amides is 2. The van der Waals surface area contributed by atoms with E-state index in [1.54, 1.807) is 11.9 Å². The van der Waals surface area contributed by atoms with E-state index in [1.807, 2.05) is 13.8 Å². The molecule has 0 aliphatic carbocycles. The monoisotopic (exact) mass is 265 g/mol. The van der Waals surface area contributed by atoms with Crippen molar-refractivity contribution in [3.8, 4) is 0 Å². The Balaban J connectivity index is 0. The molecule has 3 N–H and O–H groups in total. The molecule has 0 saturated carbocycles. The first-order valence-electron chi connectivity index (χ1n) is 5.75. The fraction of sp³-hybridized carbons (Fsp3) is 0.818. The second-order valence-electron chi connectivity index (χ2n) is 3.94. The molecule has 0 aromatic carbocycles. The van der Waals surface area contributed by atoms with Crippen LogP contribution < -0.4 is 11.1 Å². The first-order valence-corrected chi connectivity index (χ1v) is 5.75. The van der Waals surface area contributed by atoms with E-state index in [4.69, 9.17) is 5.73 Å². The van der Waals surface area contributed by atoms with Crippen LogP contribution in [0.2, 0.25) is 0 Å². The molecule has 0 aromatic heterocycles. The van der Waals surface area contributed by atoms with Gasteiger partial charge in [-0.15, -0.1) is 12.4 Å².